The Kier molecular flexibility index (Phi) is 6.45. The van der Waals surface area contributed by atoms with E-state index >= 15 is 0 Å². The fourth-order valence-electron chi connectivity index (χ4n) is 1.67. The van der Waals surface area contributed by atoms with Crippen molar-refractivity contribution in [1.82, 2.24) is 0 Å². The second-order valence-electron chi connectivity index (χ2n) is 4.53. The monoisotopic (exact) mass is 412 g/mol. The van der Waals surface area contributed by atoms with Crippen LogP contribution in [-0.2, 0) is 9.63 Å². The lowest BCUT2D eigenvalue weighted by atomic mass is 10.2. The van der Waals surface area contributed by atoms with E-state index in [1.54, 1.807) is 49.6 Å². The van der Waals surface area contributed by atoms with Crippen LogP contribution in [-0.4, -0.2) is 25.5 Å². The highest BCUT2D eigenvalue weighted by Gasteiger charge is 2.08. The van der Waals surface area contributed by atoms with Crippen molar-refractivity contribution in [2.75, 3.05) is 13.7 Å². The Hall–Kier alpha value is -2.25. The highest BCUT2D eigenvalue weighted by atomic mass is 79.9. The summed E-state index contributed by atoms with van der Waals surface area (Å²) in [4.78, 5) is 16.4. The summed E-state index contributed by atoms with van der Waals surface area (Å²) in [6.07, 6.45) is 0. The molecule has 2 aromatic rings. The van der Waals surface area contributed by atoms with Gasteiger partial charge in [-0.3, -0.25) is 0 Å². The van der Waals surface area contributed by atoms with Gasteiger partial charge in [-0.05, 0) is 42.5 Å². The maximum atomic E-state index is 11.6. The maximum absolute atomic E-state index is 11.6. The lowest BCUT2D eigenvalue weighted by molar-refractivity contribution is -0.146. The van der Waals surface area contributed by atoms with E-state index in [4.69, 9.17) is 31.6 Å². The zero-order valence-electron chi connectivity index (χ0n) is 12.7. The average Bonchev–Trinajstić information content (AvgIpc) is 2.59. The van der Waals surface area contributed by atoms with E-state index in [2.05, 4.69) is 21.1 Å². The van der Waals surface area contributed by atoms with Crippen molar-refractivity contribution in [1.29, 1.82) is 0 Å². The van der Waals surface area contributed by atoms with Crippen molar-refractivity contribution < 1.29 is 19.1 Å². The van der Waals surface area contributed by atoms with Gasteiger partial charge in [0.15, 0.2) is 12.4 Å². The second-order valence-corrected chi connectivity index (χ2v) is 5.85. The average molecular weight is 414 g/mol. The summed E-state index contributed by atoms with van der Waals surface area (Å²) in [5, 5.41) is 3.96. The number of hydrogen-bond donors (Lipinski definition) is 1. The van der Waals surface area contributed by atoms with Crippen LogP contribution in [0.2, 0.25) is 5.02 Å². The summed E-state index contributed by atoms with van der Waals surface area (Å²) in [6.45, 7) is -0.346. The summed E-state index contributed by atoms with van der Waals surface area (Å²) in [6, 6.07) is 11.9. The molecule has 0 aliphatic carbocycles. The molecule has 0 fully saturated rings. The molecule has 0 aromatic heterocycles. The van der Waals surface area contributed by atoms with Crippen LogP contribution in [0, 0.1) is 0 Å². The van der Waals surface area contributed by atoms with Gasteiger partial charge >= 0.3 is 5.97 Å². The van der Waals surface area contributed by atoms with Gasteiger partial charge in [-0.2, -0.15) is 0 Å². The number of rotatable bonds is 6. The quantitative estimate of drug-likeness (QED) is 0.340. The van der Waals surface area contributed by atoms with Crippen molar-refractivity contribution >= 4 is 39.3 Å². The number of hydrogen-bond acceptors (Lipinski definition) is 5. The Bertz CT molecular complexity index is 750. The van der Waals surface area contributed by atoms with Crippen molar-refractivity contribution in [3.63, 3.8) is 0 Å². The van der Waals surface area contributed by atoms with E-state index in [-0.39, 0.29) is 12.4 Å². The van der Waals surface area contributed by atoms with E-state index in [1.807, 2.05) is 0 Å². The molecule has 0 atom stereocenters. The normalized spacial score (nSPS) is 11.0. The number of nitrogens with zero attached hydrogens (tertiary/aromatic N) is 1. The zero-order chi connectivity index (χ0) is 17.5. The molecule has 0 radical (unpaired) electrons. The largest absolute Gasteiger partial charge is 0.497 e. The fourth-order valence-corrected chi connectivity index (χ4v) is 2.40. The van der Waals surface area contributed by atoms with E-state index in [0.29, 0.717) is 22.1 Å². The van der Waals surface area contributed by atoms with Crippen LogP contribution in [0.5, 0.6) is 11.5 Å². The van der Waals surface area contributed by atoms with Gasteiger partial charge < -0.3 is 20.0 Å². The molecule has 24 heavy (non-hydrogen) atoms. The number of halogens is 2. The Morgan fingerprint density at radius 3 is 2.58 bits per heavy atom. The highest BCUT2D eigenvalue weighted by Crippen LogP contribution is 2.27. The first-order valence-corrected chi connectivity index (χ1v) is 7.92. The summed E-state index contributed by atoms with van der Waals surface area (Å²) < 4.78 is 11.1. The molecular formula is C16H14BrClN2O4. The summed E-state index contributed by atoms with van der Waals surface area (Å²) >= 11 is 9.26. The van der Waals surface area contributed by atoms with Crippen LogP contribution >= 0.6 is 27.5 Å². The molecule has 2 rings (SSSR count). The van der Waals surface area contributed by atoms with Crippen LogP contribution < -0.4 is 15.2 Å². The van der Waals surface area contributed by atoms with Crippen LogP contribution in [0.15, 0.2) is 52.1 Å². The van der Waals surface area contributed by atoms with Crippen LogP contribution in [0.3, 0.4) is 0 Å². The van der Waals surface area contributed by atoms with E-state index < -0.39 is 5.97 Å². The molecule has 0 saturated carbocycles. The molecule has 0 aliphatic rings. The van der Waals surface area contributed by atoms with Crippen molar-refractivity contribution in [3.05, 3.63) is 57.5 Å². The molecule has 0 saturated heterocycles. The molecule has 2 N–H and O–H groups in total. The summed E-state index contributed by atoms with van der Waals surface area (Å²) in [5.74, 6) is 0.408. The summed E-state index contributed by atoms with van der Waals surface area (Å²) in [5.41, 5.74) is 6.35. The molecule has 0 bridgehead atoms. The first-order valence-electron chi connectivity index (χ1n) is 6.75. The minimum atomic E-state index is -0.703. The van der Waals surface area contributed by atoms with Crippen molar-refractivity contribution in [2.24, 2.45) is 10.9 Å². The molecular weight excluding hydrogens is 400 g/mol. The molecule has 0 unspecified atom stereocenters. The number of nitrogens with two attached hydrogens (primary N) is 1. The van der Waals surface area contributed by atoms with Gasteiger partial charge in [0.25, 0.3) is 0 Å². The number of methoxy groups -OCH3 is 1. The minimum absolute atomic E-state index is 0.0627. The van der Waals surface area contributed by atoms with E-state index in [9.17, 15) is 4.79 Å². The van der Waals surface area contributed by atoms with Crippen LogP contribution in [0.1, 0.15) is 5.56 Å². The van der Waals surface area contributed by atoms with Gasteiger partial charge in [-0.15, -0.1) is 0 Å². The standard InChI is InChI=1S/C16H14BrClN2O4/c1-22-12-5-2-10(3-6-12)16(19)20-24-15(21)9-23-14-7-4-11(17)8-13(14)18/h2-8H,9H2,1H3,(H2,19,20). The van der Waals surface area contributed by atoms with E-state index in [0.717, 1.165) is 4.47 Å². The van der Waals surface area contributed by atoms with Gasteiger partial charge in [0.05, 0.1) is 12.1 Å². The SMILES string of the molecule is COc1ccc(/C(N)=N\OC(=O)COc2ccc(Br)cc2Cl)cc1. The van der Waals surface area contributed by atoms with Crippen LogP contribution in [0.4, 0.5) is 0 Å². The molecule has 6 nitrogen and oxygen atoms in total. The number of carbonyl (C=O) groups is 1. The third-order valence-corrected chi connectivity index (χ3v) is 3.66. The second kappa shape index (κ2) is 8.56. The first-order chi connectivity index (χ1) is 11.5. The topological polar surface area (TPSA) is 83.1 Å². The third kappa shape index (κ3) is 5.14. The number of ether oxygens (including phenoxy) is 2. The third-order valence-electron chi connectivity index (χ3n) is 2.87. The molecule has 0 amide bonds. The molecule has 0 spiro atoms. The van der Waals surface area contributed by atoms with Crippen LogP contribution in [0.25, 0.3) is 0 Å². The zero-order valence-corrected chi connectivity index (χ0v) is 15.0. The van der Waals surface area contributed by atoms with Gasteiger partial charge in [0.2, 0.25) is 0 Å². The summed E-state index contributed by atoms with van der Waals surface area (Å²) in [7, 11) is 1.56. The van der Waals surface area contributed by atoms with E-state index in [1.165, 1.54) is 0 Å². The number of carbonyl (C=O) groups excluding carboxylic acids is 1. The molecule has 0 aliphatic heterocycles. The smallest absolute Gasteiger partial charge is 0.372 e. The predicted octanol–water partition coefficient (Wildman–Crippen LogP) is 3.35. The molecule has 8 heteroatoms. The van der Waals surface area contributed by atoms with Gasteiger partial charge in [-0.25, -0.2) is 4.79 Å². The van der Waals surface area contributed by atoms with Crippen molar-refractivity contribution in [3.8, 4) is 11.5 Å². The van der Waals surface area contributed by atoms with Gasteiger partial charge in [-0.1, -0.05) is 32.7 Å². The highest BCUT2D eigenvalue weighted by molar-refractivity contribution is 9.10. The van der Waals surface area contributed by atoms with Gasteiger partial charge in [0.1, 0.15) is 11.5 Å². The molecule has 126 valence electrons. The fraction of sp³-hybridized carbons (Fsp3) is 0.125. The lowest BCUT2D eigenvalue weighted by Gasteiger charge is -2.07. The Labute approximate surface area is 152 Å². The van der Waals surface area contributed by atoms with Crippen molar-refractivity contribution in [2.45, 2.75) is 0 Å². The van der Waals surface area contributed by atoms with Gasteiger partial charge in [0, 0.05) is 10.0 Å². The number of oxime groups is 1. The Morgan fingerprint density at radius 1 is 1.25 bits per heavy atom. The molecule has 0 heterocycles. The lowest BCUT2D eigenvalue weighted by Crippen LogP contribution is -2.18. The Morgan fingerprint density at radius 2 is 1.96 bits per heavy atom. The Balaban J connectivity index is 1.89. The number of amidine groups is 1. The molecule has 2 aromatic carbocycles. The number of benzene rings is 2. The first kappa shape index (κ1) is 18.1. The maximum Gasteiger partial charge on any atom is 0.372 e. The predicted molar refractivity (Wildman–Crippen MR) is 94.5 cm³/mol. The minimum Gasteiger partial charge on any atom is -0.497 e.